The molecule has 0 saturated carbocycles. The van der Waals surface area contributed by atoms with Gasteiger partial charge < -0.3 is 14.4 Å². The van der Waals surface area contributed by atoms with Gasteiger partial charge in [-0.25, -0.2) is 0 Å². The summed E-state index contributed by atoms with van der Waals surface area (Å²) >= 11 is 12.0. The van der Waals surface area contributed by atoms with Crippen LogP contribution in [0.3, 0.4) is 0 Å². The second-order valence-corrected chi connectivity index (χ2v) is 7.31. The van der Waals surface area contributed by atoms with Crippen LogP contribution in [0.25, 0.3) is 0 Å². The van der Waals surface area contributed by atoms with Crippen molar-refractivity contribution in [3.05, 3.63) is 57.6 Å². The molecule has 28 heavy (non-hydrogen) atoms. The molecular weight excluding hydrogens is 399 g/mol. The third-order valence-electron chi connectivity index (χ3n) is 4.49. The number of likely N-dealkylation sites (N-methyl/N-ethyl adjacent to an activating group) is 2. The number of halogens is 2. The van der Waals surface area contributed by atoms with Crippen molar-refractivity contribution in [3.63, 3.8) is 0 Å². The molecule has 0 N–H and O–H groups in total. The zero-order chi connectivity index (χ0) is 20.7. The topological polar surface area (TPSA) is 42.0 Å². The summed E-state index contributed by atoms with van der Waals surface area (Å²) in [5, 5.41) is 0.995. The van der Waals surface area contributed by atoms with E-state index in [1.54, 1.807) is 38.3 Å². The minimum atomic E-state index is 0.0356. The van der Waals surface area contributed by atoms with Crippen LogP contribution in [0.5, 0.6) is 11.5 Å². The van der Waals surface area contributed by atoms with Crippen LogP contribution in [0.2, 0.25) is 10.0 Å². The van der Waals surface area contributed by atoms with E-state index in [0.717, 1.165) is 17.7 Å². The van der Waals surface area contributed by atoms with Gasteiger partial charge in [0.2, 0.25) is 5.91 Å². The normalized spacial score (nSPS) is 10.8. The summed E-state index contributed by atoms with van der Waals surface area (Å²) in [5.74, 6) is 1.40. The Labute approximate surface area is 176 Å². The Morgan fingerprint density at radius 2 is 1.57 bits per heavy atom. The van der Waals surface area contributed by atoms with Crippen molar-refractivity contribution in [3.8, 4) is 11.5 Å². The fourth-order valence-electron chi connectivity index (χ4n) is 2.83. The van der Waals surface area contributed by atoms with Crippen molar-refractivity contribution in [2.75, 3.05) is 34.4 Å². The Morgan fingerprint density at radius 3 is 2.18 bits per heavy atom. The SMILES string of the molecule is CCN(CC(=O)N(C)Cc1ccc(Cl)c(Cl)c1)Cc1ccc(OC)c(OC)c1. The van der Waals surface area contributed by atoms with E-state index in [2.05, 4.69) is 4.90 Å². The number of methoxy groups -OCH3 is 2. The van der Waals surface area contributed by atoms with Crippen LogP contribution in [-0.4, -0.2) is 50.1 Å². The molecule has 0 aliphatic rings. The summed E-state index contributed by atoms with van der Waals surface area (Å²) in [6.07, 6.45) is 0. The Balaban J connectivity index is 1.99. The van der Waals surface area contributed by atoms with Crippen molar-refractivity contribution in [2.45, 2.75) is 20.0 Å². The zero-order valence-electron chi connectivity index (χ0n) is 16.7. The molecule has 152 valence electrons. The molecule has 7 heteroatoms. The Morgan fingerprint density at radius 1 is 0.929 bits per heavy atom. The van der Waals surface area contributed by atoms with Crippen LogP contribution >= 0.6 is 23.2 Å². The van der Waals surface area contributed by atoms with Gasteiger partial charge in [0.25, 0.3) is 0 Å². The van der Waals surface area contributed by atoms with E-state index in [1.165, 1.54) is 0 Å². The van der Waals surface area contributed by atoms with Gasteiger partial charge in [-0.3, -0.25) is 9.69 Å². The van der Waals surface area contributed by atoms with Gasteiger partial charge in [-0.15, -0.1) is 0 Å². The van der Waals surface area contributed by atoms with Gasteiger partial charge >= 0.3 is 0 Å². The molecule has 2 rings (SSSR count). The predicted octanol–water partition coefficient (Wildman–Crippen LogP) is 4.49. The Hall–Kier alpha value is -1.95. The van der Waals surface area contributed by atoms with Crippen molar-refractivity contribution < 1.29 is 14.3 Å². The largest absolute Gasteiger partial charge is 0.493 e. The third kappa shape index (κ3) is 6.03. The van der Waals surface area contributed by atoms with Crippen molar-refractivity contribution in [1.29, 1.82) is 0 Å². The molecule has 0 unspecified atom stereocenters. The average Bonchev–Trinajstić information content (AvgIpc) is 2.69. The maximum Gasteiger partial charge on any atom is 0.236 e. The summed E-state index contributed by atoms with van der Waals surface area (Å²) in [4.78, 5) is 16.4. The van der Waals surface area contributed by atoms with Gasteiger partial charge in [0.1, 0.15) is 0 Å². The van der Waals surface area contributed by atoms with Gasteiger partial charge in [0.05, 0.1) is 30.8 Å². The number of benzene rings is 2. The molecule has 0 aliphatic heterocycles. The van der Waals surface area contributed by atoms with Gasteiger partial charge in [-0.2, -0.15) is 0 Å². The number of hydrogen-bond acceptors (Lipinski definition) is 4. The lowest BCUT2D eigenvalue weighted by molar-refractivity contribution is -0.131. The first-order valence-corrected chi connectivity index (χ1v) is 9.74. The van der Waals surface area contributed by atoms with E-state index in [1.807, 2.05) is 31.2 Å². The average molecular weight is 425 g/mol. The maximum absolute atomic E-state index is 12.7. The number of rotatable bonds is 9. The molecule has 0 saturated heterocycles. The quantitative estimate of drug-likeness (QED) is 0.594. The van der Waals surface area contributed by atoms with Crippen molar-refractivity contribution in [1.82, 2.24) is 9.80 Å². The molecule has 0 atom stereocenters. The highest BCUT2D eigenvalue weighted by molar-refractivity contribution is 6.42. The number of hydrogen-bond donors (Lipinski definition) is 0. The van der Waals surface area contributed by atoms with E-state index in [4.69, 9.17) is 32.7 Å². The van der Waals surface area contributed by atoms with Gasteiger partial charge in [-0.1, -0.05) is 42.3 Å². The van der Waals surface area contributed by atoms with E-state index in [0.29, 0.717) is 41.2 Å². The summed E-state index contributed by atoms with van der Waals surface area (Å²) in [6, 6.07) is 11.2. The fourth-order valence-corrected chi connectivity index (χ4v) is 3.15. The summed E-state index contributed by atoms with van der Waals surface area (Å²) < 4.78 is 10.6. The summed E-state index contributed by atoms with van der Waals surface area (Å²) in [7, 11) is 5.01. The number of amides is 1. The lowest BCUT2D eigenvalue weighted by atomic mass is 10.2. The van der Waals surface area contributed by atoms with E-state index < -0.39 is 0 Å². The Kier molecular flexibility index (Phi) is 8.42. The van der Waals surface area contributed by atoms with E-state index >= 15 is 0 Å². The first kappa shape index (κ1) is 22.3. The first-order valence-electron chi connectivity index (χ1n) is 8.99. The minimum absolute atomic E-state index is 0.0356. The molecule has 1 amide bonds. The molecule has 0 radical (unpaired) electrons. The van der Waals surface area contributed by atoms with Crippen LogP contribution < -0.4 is 9.47 Å². The van der Waals surface area contributed by atoms with E-state index in [-0.39, 0.29) is 5.91 Å². The highest BCUT2D eigenvalue weighted by Crippen LogP contribution is 2.28. The van der Waals surface area contributed by atoms with Gasteiger partial charge in [0, 0.05) is 20.1 Å². The van der Waals surface area contributed by atoms with Crippen LogP contribution in [0, 0.1) is 0 Å². The second-order valence-electron chi connectivity index (χ2n) is 6.49. The molecular formula is C21H26Cl2N2O3. The number of ether oxygens (including phenoxy) is 2. The molecule has 2 aromatic rings. The number of carbonyl (C=O) groups is 1. The summed E-state index contributed by atoms with van der Waals surface area (Å²) in [5.41, 5.74) is 1.99. The molecule has 0 aliphatic carbocycles. The third-order valence-corrected chi connectivity index (χ3v) is 5.23. The molecule has 5 nitrogen and oxygen atoms in total. The fraction of sp³-hybridized carbons (Fsp3) is 0.381. The molecule has 2 aromatic carbocycles. The molecule has 0 heterocycles. The summed E-state index contributed by atoms with van der Waals surface area (Å²) in [6.45, 7) is 4.23. The van der Waals surface area contributed by atoms with E-state index in [9.17, 15) is 4.79 Å². The van der Waals surface area contributed by atoms with Crippen LogP contribution in [0.4, 0.5) is 0 Å². The molecule has 0 fully saturated rings. The minimum Gasteiger partial charge on any atom is -0.493 e. The lowest BCUT2D eigenvalue weighted by Crippen LogP contribution is -2.37. The standard InChI is InChI=1S/C21H26Cl2N2O3/c1-5-25(13-16-7-9-19(27-3)20(11-16)28-4)14-21(26)24(2)12-15-6-8-17(22)18(23)10-15/h6-11H,5,12-14H2,1-4H3. The number of carbonyl (C=O) groups excluding carboxylic acids is 1. The van der Waals surface area contributed by atoms with Gasteiger partial charge in [0.15, 0.2) is 11.5 Å². The molecule has 0 bridgehead atoms. The van der Waals surface area contributed by atoms with Crippen molar-refractivity contribution in [2.24, 2.45) is 0 Å². The predicted molar refractivity (Wildman–Crippen MR) is 113 cm³/mol. The van der Waals surface area contributed by atoms with Crippen LogP contribution in [-0.2, 0) is 17.9 Å². The highest BCUT2D eigenvalue weighted by Gasteiger charge is 2.15. The van der Waals surface area contributed by atoms with Crippen molar-refractivity contribution >= 4 is 29.1 Å². The highest BCUT2D eigenvalue weighted by atomic mass is 35.5. The second kappa shape index (κ2) is 10.6. The maximum atomic E-state index is 12.7. The van der Waals surface area contributed by atoms with Gasteiger partial charge in [-0.05, 0) is 41.9 Å². The Bertz CT molecular complexity index is 814. The lowest BCUT2D eigenvalue weighted by Gasteiger charge is -2.24. The molecule has 0 aromatic heterocycles. The number of nitrogens with zero attached hydrogens (tertiary/aromatic N) is 2. The molecule has 0 spiro atoms. The van der Waals surface area contributed by atoms with Crippen LogP contribution in [0.1, 0.15) is 18.1 Å². The smallest absolute Gasteiger partial charge is 0.236 e. The monoisotopic (exact) mass is 424 g/mol. The van der Waals surface area contributed by atoms with Crippen LogP contribution in [0.15, 0.2) is 36.4 Å². The first-order chi connectivity index (χ1) is 13.4. The zero-order valence-corrected chi connectivity index (χ0v) is 18.2.